The summed E-state index contributed by atoms with van der Waals surface area (Å²) in [6, 6.07) is 1.59. The molecule has 12 heavy (non-hydrogen) atoms. The van der Waals surface area contributed by atoms with Crippen LogP contribution in [0.1, 0.15) is 15.9 Å². The number of hydrogen-bond acceptors (Lipinski definition) is 3. The molecule has 0 saturated carbocycles. The lowest BCUT2D eigenvalue weighted by atomic mass is 10.2. The number of hydrogen-bond donors (Lipinski definition) is 1. The monoisotopic (exact) mass is 167 g/mol. The van der Waals surface area contributed by atoms with Crippen LogP contribution in [0.5, 0.6) is 5.88 Å². The van der Waals surface area contributed by atoms with Crippen LogP contribution in [0.2, 0.25) is 0 Å². The van der Waals surface area contributed by atoms with Gasteiger partial charge in [0.1, 0.15) is 0 Å². The topological polar surface area (TPSA) is 59.4 Å². The molecular weight excluding hydrogens is 158 g/mol. The fourth-order valence-corrected chi connectivity index (χ4v) is 0.866. The summed E-state index contributed by atoms with van der Waals surface area (Å²) in [6.45, 7) is 1.70. The number of methoxy groups -OCH3 is 1. The van der Waals surface area contributed by atoms with Crippen molar-refractivity contribution in [2.75, 3.05) is 7.11 Å². The molecular formula is C8H9NO3. The summed E-state index contributed by atoms with van der Waals surface area (Å²) in [6.07, 6.45) is 1.29. The highest BCUT2D eigenvalue weighted by Crippen LogP contribution is 2.12. The van der Waals surface area contributed by atoms with Crippen molar-refractivity contribution in [2.45, 2.75) is 6.92 Å². The van der Waals surface area contributed by atoms with E-state index in [1.165, 1.54) is 13.3 Å². The number of carboxylic acids is 1. The van der Waals surface area contributed by atoms with E-state index in [1.807, 2.05) is 0 Å². The van der Waals surface area contributed by atoms with Crippen molar-refractivity contribution in [3.05, 3.63) is 23.4 Å². The largest absolute Gasteiger partial charge is 0.481 e. The first kappa shape index (κ1) is 8.52. The van der Waals surface area contributed by atoms with E-state index in [0.29, 0.717) is 11.4 Å². The maximum absolute atomic E-state index is 10.5. The molecule has 0 bridgehead atoms. The van der Waals surface area contributed by atoms with Crippen LogP contribution in [-0.4, -0.2) is 23.2 Å². The van der Waals surface area contributed by atoms with Gasteiger partial charge in [-0.05, 0) is 12.5 Å². The highest BCUT2D eigenvalue weighted by Gasteiger charge is 2.07. The predicted molar refractivity (Wildman–Crippen MR) is 42.5 cm³/mol. The summed E-state index contributed by atoms with van der Waals surface area (Å²) < 4.78 is 4.83. The van der Waals surface area contributed by atoms with Gasteiger partial charge >= 0.3 is 5.97 Å². The first-order valence-corrected chi connectivity index (χ1v) is 3.39. The highest BCUT2D eigenvalue weighted by atomic mass is 16.5. The molecule has 0 amide bonds. The summed E-state index contributed by atoms with van der Waals surface area (Å²) in [5.41, 5.74) is 0.852. The number of aromatic carboxylic acids is 1. The zero-order chi connectivity index (χ0) is 9.14. The van der Waals surface area contributed by atoms with Crippen LogP contribution >= 0.6 is 0 Å². The van der Waals surface area contributed by atoms with Crippen molar-refractivity contribution in [3.63, 3.8) is 0 Å². The zero-order valence-electron chi connectivity index (χ0n) is 6.87. The minimum Gasteiger partial charge on any atom is -0.481 e. The van der Waals surface area contributed by atoms with E-state index in [1.54, 1.807) is 13.0 Å². The summed E-state index contributed by atoms with van der Waals surface area (Å²) in [4.78, 5) is 14.3. The van der Waals surface area contributed by atoms with Crippen molar-refractivity contribution in [1.29, 1.82) is 0 Å². The first-order chi connectivity index (χ1) is 5.65. The summed E-state index contributed by atoms with van der Waals surface area (Å²) in [5, 5.41) is 8.65. The average molecular weight is 167 g/mol. The molecule has 64 valence electrons. The smallest absolute Gasteiger partial charge is 0.337 e. The van der Waals surface area contributed by atoms with Gasteiger partial charge in [0.05, 0.1) is 12.7 Å². The normalized spacial score (nSPS) is 9.50. The van der Waals surface area contributed by atoms with E-state index in [9.17, 15) is 4.79 Å². The van der Waals surface area contributed by atoms with E-state index >= 15 is 0 Å². The van der Waals surface area contributed by atoms with Crippen LogP contribution in [-0.2, 0) is 0 Å². The fraction of sp³-hybridized carbons (Fsp3) is 0.250. The van der Waals surface area contributed by atoms with E-state index in [4.69, 9.17) is 9.84 Å². The molecule has 0 saturated heterocycles. The van der Waals surface area contributed by atoms with E-state index in [2.05, 4.69) is 4.98 Å². The number of nitrogens with zero attached hydrogens (tertiary/aromatic N) is 1. The SMILES string of the molecule is COc1cc(C)c(C(=O)O)cn1. The quantitative estimate of drug-likeness (QED) is 0.716. The van der Waals surface area contributed by atoms with Crippen LogP contribution in [0.4, 0.5) is 0 Å². The van der Waals surface area contributed by atoms with Gasteiger partial charge in [-0.15, -0.1) is 0 Å². The number of pyridine rings is 1. The number of aryl methyl sites for hydroxylation is 1. The van der Waals surface area contributed by atoms with Crippen LogP contribution < -0.4 is 4.74 Å². The van der Waals surface area contributed by atoms with Crippen LogP contribution in [0.3, 0.4) is 0 Å². The van der Waals surface area contributed by atoms with Gasteiger partial charge in [-0.3, -0.25) is 0 Å². The fourth-order valence-electron chi connectivity index (χ4n) is 0.866. The van der Waals surface area contributed by atoms with Gasteiger partial charge in [0.25, 0.3) is 0 Å². The summed E-state index contributed by atoms with van der Waals surface area (Å²) >= 11 is 0. The van der Waals surface area contributed by atoms with Crippen molar-refractivity contribution in [3.8, 4) is 5.88 Å². The van der Waals surface area contributed by atoms with Crippen molar-refractivity contribution in [2.24, 2.45) is 0 Å². The second-order valence-corrected chi connectivity index (χ2v) is 2.35. The number of rotatable bonds is 2. The lowest BCUT2D eigenvalue weighted by Gasteiger charge is -2.02. The molecule has 0 spiro atoms. The van der Waals surface area contributed by atoms with Crippen molar-refractivity contribution in [1.82, 2.24) is 4.98 Å². The summed E-state index contributed by atoms with van der Waals surface area (Å²) in [5.74, 6) is -0.542. The first-order valence-electron chi connectivity index (χ1n) is 3.39. The molecule has 4 heteroatoms. The van der Waals surface area contributed by atoms with E-state index in [-0.39, 0.29) is 5.56 Å². The second kappa shape index (κ2) is 3.21. The molecule has 0 fully saturated rings. The van der Waals surface area contributed by atoms with Gasteiger partial charge in [0.15, 0.2) is 0 Å². The molecule has 1 N–H and O–H groups in total. The average Bonchev–Trinajstić information content (AvgIpc) is 2.03. The van der Waals surface area contributed by atoms with Gasteiger partial charge in [-0.25, -0.2) is 9.78 Å². The number of ether oxygens (including phenoxy) is 1. The highest BCUT2D eigenvalue weighted by molar-refractivity contribution is 5.88. The lowest BCUT2D eigenvalue weighted by Crippen LogP contribution is -2.01. The lowest BCUT2D eigenvalue weighted by molar-refractivity contribution is 0.0695. The maximum Gasteiger partial charge on any atom is 0.337 e. The Labute approximate surface area is 69.8 Å². The summed E-state index contributed by atoms with van der Waals surface area (Å²) in [7, 11) is 1.49. The van der Waals surface area contributed by atoms with Gasteiger partial charge in [-0.1, -0.05) is 0 Å². The Morgan fingerprint density at radius 3 is 2.75 bits per heavy atom. The maximum atomic E-state index is 10.5. The molecule has 0 aliphatic rings. The van der Waals surface area contributed by atoms with Crippen LogP contribution in [0.25, 0.3) is 0 Å². The standard InChI is InChI=1S/C8H9NO3/c1-5-3-7(12-2)9-4-6(5)8(10)11/h3-4H,1-2H3,(H,10,11). The van der Waals surface area contributed by atoms with Gasteiger partial charge < -0.3 is 9.84 Å². The molecule has 0 aromatic carbocycles. The Morgan fingerprint density at radius 1 is 1.67 bits per heavy atom. The minimum atomic E-state index is -0.970. The molecule has 4 nitrogen and oxygen atoms in total. The van der Waals surface area contributed by atoms with Crippen molar-refractivity contribution >= 4 is 5.97 Å². The Kier molecular flexibility index (Phi) is 2.28. The third-order valence-corrected chi connectivity index (χ3v) is 1.53. The third-order valence-electron chi connectivity index (χ3n) is 1.53. The second-order valence-electron chi connectivity index (χ2n) is 2.35. The molecule has 1 aromatic rings. The van der Waals surface area contributed by atoms with Crippen LogP contribution in [0.15, 0.2) is 12.3 Å². The molecule has 1 aromatic heterocycles. The number of carboxylic acid groups (broad SMARTS) is 1. The molecule has 1 heterocycles. The number of aromatic nitrogens is 1. The van der Waals surface area contributed by atoms with Gasteiger partial charge in [0, 0.05) is 12.3 Å². The van der Waals surface area contributed by atoms with Crippen molar-refractivity contribution < 1.29 is 14.6 Å². The molecule has 0 radical (unpaired) electrons. The van der Waals surface area contributed by atoms with E-state index < -0.39 is 5.97 Å². The van der Waals surface area contributed by atoms with Gasteiger partial charge in [-0.2, -0.15) is 0 Å². The molecule has 0 unspecified atom stereocenters. The molecule has 1 rings (SSSR count). The Morgan fingerprint density at radius 2 is 2.33 bits per heavy atom. The Hall–Kier alpha value is -1.58. The molecule has 0 atom stereocenters. The zero-order valence-corrected chi connectivity index (χ0v) is 6.87. The minimum absolute atomic E-state index is 0.204. The third kappa shape index (κ3) is 1.53. The van der Waals surface area contributed by atoms with Gasteiger partial charge in [0.2, 0.25) is 5.88 Å². The van der Waals surface area contributed by atoms with Crippen LogP contribution in [0, 0.1) is 6.92 Å². The molecule has 0 aliphatic heterocycles. The predicted octanol–water partition coefficient (Wildman–Crippen LogP) is 1.10. The van der Waals surface area contributed by atoms with E-state index in [0.717, 1.165) is 0 Å². The number of carbonyl (C=O) groups is 1. The molecule has 0 aliphatic carbocycles. The Bertz CT molecular complexity index is 309. The Balaban J connectivity index is 3.12.